The molecule has 0 bridgehead atoms. The van der Waals surface area contributed by atoms with E-state index in [1.807, 2.05) is 14.1 Å². The highest BCUT2D eigenvalue weighted by Crippen LogP contribution is 2.13. The Bertz CT molecular complexity index is 242. The second-order valence-corrected chi connectivity index (χ2v) is 3.82. The molecule has 0 spiro atoms. The van der Waals surface area contributed by atoms with E-state index in [0.29, 0.717) is 24.0 Å². The van der Waals surface area contributed by atoms with Crippen LogP contribution in [0.2, 0.25) is 0 Å². The molecule has 1 rings (SSSR count). The third-order valence-electron chi connectivity index (χ3n) is 2.15. The lowest BCUT2D eigenvalue weighted by atomic mass is 10.4. The van der Waals surface area contributed by atoms with E-state index < -0.39 is 0 Å². The van der Waals surface area contributed by atoms with Gasteiger partial charge in [-0.25, -0.2) is 4.90 Å². The molecule has 13 heavy (non-hydrogen) atoms. The molecule has 0 aromatic heterocycles. The first-order chi connectivity index (χ1) is 5.96. The minimum atomic E-state index is -0.0712. The Kier molecular flexibility index (Phi) is 2.52. The van der Waals surface area contributed by atoms with Gasteiger partial charge in [0.25, 0.3) is 0 Å². The maximum Gasteiger partial charge on any atom is 0.234 e. The Morgan fingerprint density at radius 2 is 1.85 bits per heavy atom. The van der Waals surface area contributed by atoms with Crippen LogP contribution in [0.15, 0.2) is 12.8 Å². The zero-order valence-corrected chi connectivity index (χ0v) is 8.12. The zero-order chi connectivity index (χ0) is 10.1. The van der Waals surface area contributed by atoms with Gasteiger partial charge >= 0.3 is 0 Å². The zero-order valence-electron chi connectivity index (χ0n) is 8.12. The number of amides is 2. The summed E-state index contributed by atoms with van der Waals surface area (Å²) in [6, 6.07) is 0. The average molecular weight is 183 g/mol. The van der Waals surface area contributed by atoms with E-state index in [1.54, 1.807) is 6.20 Å². The highest BCUT2D eigenvalue weighted by atomic mass is 16.2. The van der Waals surface area contributed by atoms with Crippen molar-refractivity contribution in [3.63, 3.8) is 0 Å². The summed E-state index contributed by atoms with van der Waals surface area (Å²) in [5.41, 5.74) is 0. The van der Waals surface area contributed by atoms with Crippen LogP contribution < -0.4 is 0 Å². The lowest BCUT2D eigenvalue weighted by Crippen LogP contribution is -2.46. The fourth-order valence-electron chi connectivity index (χ4n) is 1.20. The summed E-state index contributed by atoms with van der Waals surface area (Å²) in [6.07, 6.45) is 2.42. The molecule has 0 saturated carbocycles. The molecule has 0 radical (unpaired) electrons. The molecular formula is C9H15N2O2+. The smallest absolute Gasteiger partial charge is 0.234 e. The fourth-order valence-corrected chi connectivity index (χ4v) is 1.20. The summed E-state index contributed by atoms with van der Waals surface area (Å²) in [5.74, 6) is -0.142. The lowest BCUT2D eigenvalue weighted by Gasteiger charge is -2.28. The van der Waals surface area contributed by atoms with Crippen LogP contribution >= 0.6 is 0 Å². The number of carbonyl (C=O) groups is 2. The van der Waals surface area contributed by atoms with Gasteiger partial charge in [0.15, 0.2) is 6.67 Å². The van der Waals surface area contributed by atoms with E-state index in [9.17, 15) is 9.59 Å². The van der Waals surface area contributed by atoms with Crippen molar-refractivity contribution in [2.75, 3.05) is 20.8 Å². The quantitative estimate of drug-likeness (QED) is 0.466. The average Bonchev–Trinajstić information content (AvgIpc) is 2.36. The molecule has 1 fully saturated rings. The number of carbonyl (C=O) groups excluding carboxylic acids is 2. The van der Waals surface area contributed by atoms with Crippen molar-refractivity contribution in [2.45, 2.75) is 12.8 Å². The molecule has 0 atom stereocenters. The molecule has 1 aliphatic heterocycles. The summed E-state index contributed by atoms with van der Waals surface area (Å²) in [5, 5.41) is 0. The number of likely N-dealkylation sites (tertiary alicyclic amines) is 1. The summed E-state index contributed by atoms with van der Waals surface area (Å²) in [7, 11) is 3.79. The van der Waals surface area contributed by atoms with Gasteiger partial charge in [0.05, 0.1) is 20.3 Å². The van der Waals surface area contributed by atoms with Crippen molar-refractivity contribution in [3.05, 3.63) is 12.8 Å². The number of quaternary nitrogens is 1. The minimum Gasteiger partial charge on any atom is -0.285 e. The maximum atomic E-state index is 11.2. The van der Waals surface area contributed by atoms with Gasteiger partial charge in [-0.3, -0.25) is 14.1 Å². The van der Waals surface area contributed by atoms with Crippen molar-refractivity contribution in [1.82, 2.24) is 4.90 Å². The highest BCUT2D eigenvalue weighted by Gasteiger charge is 2.32. The van der Waals surface area contributed by atoms with E-state index in [2.05, 4.69) is 6.58 Å². The summed E-state index contributed by atoms with van der Waals surface area (Å²) in [6.45, 7) is 4.04. The number of hydrogen-bond acceptors (Lipinski definition) is 2. The largest absolute Gasteiger partial charge is 0.285 e. The van der Waals surface area contributed by atoms with E-state index in [1.165, 1.54) is 4.90 Å². The van der Waals surface area contributed by atoms with Crippen LogP contribution in [-0.2, 0) is 9.59 Å². The van der Waals surface area contributed by atoms with E-state index in [-0.39, 0.29) is 11.8 Å². The van der Waals surface area contributed by atoms with Gasteiger partial charge in [-0.05, 0) is 6.58 Å². The highest BCUT2D eigenvalue weighted by molar-refractivity contribution is 6.01. The number of imide groups is 1. The molecule has 0 aromatic carbocycles. The van der Waals surface area contributed by atoms with Gasteiger partial charge in [0.1, 0.15) is 0 Å². The Hall–Kier alpha value is -1.16. The molecule has 2 amide bonds. The van der Waals surface area contributed by atoms with Gasteiger partial charge < -0.3 is 0 Å². The maximum absolute atomic E-state index is 11.2. The van der Waals surface area contributed by atoms with Crippen LogP contribution in [0, 0.1) is 0 Å². The van der Waals surface area contributed by atoms with Gasteiger partial charge in [0.2, 0.25) is 11.8 Å². The minimum absolute atomic E-state index is 0.0712. The number of nitrogens with zero attached hydrogens (tertiary/aromatic N) is 2. The molecule has 1 heterocycles. The van der Waals surface area contributed by atoms with Crippen molar-refractivity contribution in [1.29, 1.82) is 0 Å². The molecule has 0 unspecified atom stereocenters. The standard InChI is InChI=1S/C9H15N2O2/c1-4-11(2,3)7-10-8(12)5-6-9(10)13/h4H,1,5-7H2,2-3H3/q+1. The monoisotopic (exact) mass is 183 g/mol. The first-order valence-corrected chi connectivity index (χ1v) is 4.26. The molecule has 72 valence electrons. The Labute approximate surface area is 78.0 Å². The summed E-state index contributed by atoms with van der Waals surface area (Å²) >= 11 is 0. The summed E-state index contributed by atoms with van der Waals surface area (Å²) < 4.78 is 0.442. The van der Waals surface area contributed by atoms with Gasteiger partial charge in [-0.15, -0.1) is 0 Å². The van der Waals surface area contributed by atoms with Crippen molar-refractivity contribution in [2.24, 2.45) is 0 Å². The van der Waals surface area contributed by atoms with Crippen molar-refractivity contribution >= 4 is 11.8 Å². The van der Waals surface area contributed by atoms with Crippen LogP contribution in [0.3, 0.4) is 0 Å². The van der Waals surface area contributed by atoms with Gasteiger partial charge in [0, 0.05) is 12.8 Å². The van der Waals surface area contributed by atoms with Gasteiger partial charge in [-0.1, -0.05) is 0 Å². The molecule has 0 aliphatic carbocycles. The third kappa shape index (κ3) is 2.15. The van der Waals surface area contributed by atoms with Crippen molar-refractivity contribution < 1.29 is 14.1 Å². The number of hydrogen-bond donors (Lipinski definition) is 0. The van der Waals surface area contributed by atoms with Gasteiger partial charge in [-0.2, -0.15) is 0 Å². The Morgan fingerprint density at radius 3 is 2.23 bits per heavy atom. The molecule has 0 aromatic rings. The van der Waals surface area contributed by atoms with E-state index in [0.717, 1.165) is 0 Å². The second-order valence-electron chi connectivity index (χ2n) is 3.82. The first-order valence-electron chi connectivity index (χ1n) is 4.26. The predicted molar refractivity (Wildman–Crippen MR) is 48.3 cm³/mol. The molecule has 0 N–H and O–H groups in total. The fraction of sp³-hybridized carbons (Fsp3) is 0.556. The van der Waals surface area contributed by atoms with Crippen LogP contribution in [0.4, 0.5) is 0 Å². The van der Waals surface area contributed by atoms with E-state index >= 15 is 0 Å². The lowest BCUT2D eigenvalue weighted by molar-refractivity contribution is -0.846. The van der Waals surface area contributed by atoms with E-state index in [4.69, 9.17) is 0 Å². The number of rotatable bonds is 3. The van der Waals surface area contributed by atoms with Crippen LogP contribution in [0.1, 0.15) is 12.8 Å². The molecular weight excluding hydrogens is 168 g/mol. The van der Waals surface area contributed by atoms with Crippen molar-refractivity contribution in [3.8, 4) is 0 Å². The molecule has 4 nitrogen and oxygen atoms in total. The molecule has 1 aliphatic rings. The predicted octanol–water partition coefficient (Wildman–Crippen LogP) is 0.313. The first kappa shape index (κ1) is 9.92. The Balaban J connectivity index is 2.67. The third-order valence-corrected chi connectivity index (χ3v) is 2.15. The van der Waals surface area contributed by atoms with Crippen LogP contribution in [-0.4, -0.2) is 42.0 Å². The summed E-state index contributed by atoms with van der Waals surface area (Å²) in [4.78, 5) is 23.8. The topological polar surface area (TPSA) is 37.4 Å². The normalized spacial score (nSPS) is 18.2. The van der Waals surface area contributed by atoms with Crippen LogP contribution in [0.25, 0.3) is 0 Å². The molecule has 4 heteroatoms. The Morgan fingerprint density at radius 1 is 1.38 bits per heavy atom. The molecule has 1 saturated heterocycles. The second kappa shape index (κ2) is 3.30. The SMILES string of the molecule is C=C[N+](C)(C)CN1C(=O)CCC1=O. The van der Waals surface area contributed by atoms with Crippen LogP contribution in [0.5, 0.6) is 0 Å².